The van der Waals surface area contributed by atoms with Crippen molar-refractivity contribution in [1.82, 2.24) is 0 Å². The van der Waals surface area contributed by atoms with Crippen molar-refractivity contribution in [2.75, 3.05) is 6.61 Å². The predicted molar refractivity (Wildman–Crippen MR) is 27.6 cm³/mol. The molecule has 0 saturated carbocycles. The molecule has 1 aliphatic rings. The molecule has 1 aliphatic heterocycles. The molecule has 1 saturated heterocycles. The van der Waals surface area contributed by atoms with Crippen LogP contribution in [0.15, 0.2) is 0 Å². The first-order chi connectivity index (χ1) is 3.63. The first-order valence-electron chi connectivity index (χ1n) is 2.77. The van der Waals surface area contributed by atoms with E-state index >= 15 is 0 Å². The summed E-state index contributed by atoms with van der Waals surface area (Å²) in [5.41, 5.74) is 7.08. The van der Waals surface area contributed by atoms with Gasteiger partial charge in [-0.2, -0.15) is 0 Å². The average Bonchev–Trinajstić information content (AvgIpc) is 1.86. The molecule has 0 amide bonds. The van der Waals surface area contributed by atoms with E-state index in [2.05, 4.69) is 0 Å². The Morgan fingerprint density at radius 2 is 2.25 bits per heavy atom. The van der Waals surface area contributed by atoms with Gasteiger partial charge < -0.3 is 0 Å². The minimum atomic E-state index is -0.0694. The highest BCUT2D eigenvalue weighted by molar-refractivity contribution is 4.65. The van der Waals surface area contributed by atoms with Crippen LogP contribution >= 0.6 is 0 Å². The van der Waals surface area contributed by atoms with Gasteiger partial charge in [-0.05, 0) is 5.53 Å². The minimum Gasteiger partial charge on any atom is -0.251 e. The Morgan fingerprint density at radius 1 is 1.62 bits per heavy atom. The molecular formula is C5H11N2O+. The van der Waals surface area contributed by atoms with E-state index in [0.717, 1.165) is 6.42 Å². The van der Waals surface area contributed by atoms with Crippen LogP contribution in [0.1, 0.15) is 20.3 Å². The molecule has 0 aromatic carbocycles. The zero-order valence-corrected chi connectivity index (χ0v) is 5.27. The van der Waals surface area contributed by atoms with Crippen molar-refractivity contribution in [2.24, 2.45) is 0 Å². The zero-order chi connectivity index (χ0) is 6.20. The van der Waals surface area contributed by atoms with Crippen LogP contribution < -0.4 is 0 Å². The molecule has 0 aromatic heterocycles. The molecule has 0 unspecified atom stereocenters. The Labute approximate surface area is 48.7 Å². The Balaban J connectivity index is 2.68. The molecule has 0 atom stereocenters. The van der Waals surface area contributed by atoms with Gasteiger partial charge in [0.1, 0.15) is 0 Å². The molecule has 0 bridgehead atoms. The summed E-state index contributed by atoms with van der Waals surface area (Å²) in [5.74, 6) is 0. The van der Waals surface area contributed by atoms with Crippen molar-refractivity contribution >= 4 is 0 Å². The lowest BCUT2D eigenvalue weighted by Crippen LogP contribution is -2.26. The van der Waals surface area contributed by atoms with Crippen LogP contribution in [0.3, 0.4) is 0 Å². The van der Waals surface area contributed by atoms with Crippen LogP contribution in [0.2, 0.25) is 0 Å². The lowest BCUT2D eigenvalue weighted by molar-refractivity contribution is -0.868. The standard InChI is InChI=1S/C5H11N2O/c1-5(2)3-4-8-7(5)6/h6H,3-4H2,1-2H3/q+1. The number of nitrogens with zero attached hydrogens (tertiary/aromatic N) is 1. The summed E-state index contributed by atoms with van der Waals surface area (Å²) in [4.78, 5) is 6.04. The fourth-order valence-electron chi connectivity index (χ4n) is 0.663. The Kier molecular flexibility index (Phi) is 0.994. The Morgan fingerprint density at radius 3 is 2.38 bits per heavy atom. The largest absolute Gasteiger partial charge is 0.251 e. The average molecular weight is 115 g/mol. The van der Waals surface area contributed by atoms with E-state index in [0.29, 0.717) is 6.61 Å². The van der Waals surface area contributed by atoms with Gasteiger partial charge in [0.05, 0.1) is 11.3 Å². The van der Waals surface area contributed by atoms with Crippen LogP contribution in [0, 0.1) is 5.53 Å². The third-order valence-corrected chi connectivity index (χ3v) is 1.48. The summed E-state index contributed by atoms with van der Waals surface area (Å²) in [5, 5.41) is 0. The second-order valence-corrected chi connectivity index (χ2v) is 2.69. The Bertz CT molecular complexity index is 120. The molecule has 8 heavy (non-hydrogen) atoms. The van der Waals surface area contributed by atoms with Crippen molar-refractivity contribution in [2.45, 2.75) is 25.8 Å². The molecule has 46 valence electrons. The summed E-state index contributed by atoms with van der Waals surface area (Å²) in [6.45, 7) is 4.68. The highest BCUT2D eigenvalue weighted by Gasteiger charge is 2.40. The summed E-state index contributed by atoms with van der Waals surface area (Å²) < 4.78 is 0. The maximum Gasteiger partial charge on any atom is 0.238 e. The van der Waals surface area contributed by atoms with Crippen molar-refractivity contribution < 1.29 is 9.70 Å². The van der Waals surface area contributed by atoms with Gasteiger partial charge in [-0.15, -0.1) is 0 Å². The molecule has 0 spiro atoms. The summed E-state index contributed by atoms with van der Waals surface area (Å²) in [6, 6.07) is 0. The van der Waals surface area contributed by atoms with Crippen LogP contribution in [-0.2, 0) is 4.84 Å². The number of rotatable bonds is 0. The number of hydrogen-bond donors (Lipinski definition) is 1. The van der Waals surface area contributed by atoms with Gasteiger partial charge in [-0.3, -0.25) is 4.84 Å². The topological polar surface area (TPSA) is 36.1 Å². The van der Waals surface area contributed by atoms with Crippen LogP contribution in [-0.4, -0.2) is 17.0 Å². The fraction of sp³-hybridized carbons (Fsp3) is 1.00. The highest BCUT2D eigenvalue weighted by Crippen LogP contribution is 2.19. The summed E-state index contributed by atoms with van der Waals surface area (Å²) in [7, 11) is 0. The van der Waals surface area contributed by atoms with Crippen LogP contribution in [0.5, 0.6) is 0 Å². The molecule has 0 aliphatic carbocycles. The van der Waals surface area contributed by atoms with Crippen molar-refractivity contribution in [3.63, 3.8) is 0 Å². The summed E-state index contributed by atoms with van der Waals surface area (Å²) >= 11 is 0. The van der Waals surface area contributed by atoms with E-state index in [1.54, 1.807) is 0 Å². The van der Waals surface area contributed by atoms with Crippen LogP contribution in [0.25, 0.3) is 0 Å². The van der Waals surface area contributed by atoms with Gasteiger partial charge in [0.25, 0.3) is 0 Å². The van der Waals surface area contributed by atoms with E-state index in [1.807, 2.05) is 13.8 Å². The van der Waals surface area contributed by atoms with Crippen LogP contribution in [0.4, 0.5) is 0 Å². The highest BCUT2D eigenvalue weighted by atomic mass is 16.7. The second kappa shape index (κ2) is 1.44. The SMILES string of the molecule is CC1(C)CCO[N+]1=N. The van der Waals surface area contributed by atoms with E-state index < -0.39 is 0 Å². The van der Waals surface area contributed by atoms with E-state index in [9.17, 15) is 0 Å². The molecule has 1 heterocycles. The fourth-order valence-corrected chi connectivity index (χ4v) is 0.663. The lowest BCUT2D eigenvalue weighted by atomic mass is 10.0. The molecule has 3 heteroatoms. The summed E-state index contributed by atoms with van der Waals surface area (Å²) in [6.07, 6.45) is 0.955. The van der Waals surface area contributed by atoms with E-state index in [4.69, 9.17) is 10.4 Å². The van der Waals surface area contributed by atoms with Gasteiger partial charge in [-0.25, -0.2) is 0 Å². The monoisotopic (exact) mass is 115 g/mol. The third kappa shape index (κ3) is 0.680. The molecule has 1 fully saturated rings. The van der Waals surface area contributed by atoms with Gasteiger partial charge >= 0.3 is 0 Å². The van der Waals surface area contributed by atoms with Crippen molar-refractivity contribution in [3.8, 4) is 0 Å². The normalized spacial score (nSPS) is 25.5. The molecule has 1 N–H and O–H groups in total. The Hall–Kier alpha value is -0.600. The quantitative estimate of drug-likeness (QED) is 0.472. The predicted octanol–water partition coefficient (Wildman–Crippen LogP) is 1.14. The molecule has 0 radical (unpaired) electrons. The lowest BCUT2D eigenvalue weighted by Gasteiger charge is -2.01. The maximum atomic E-state index is 7.15. The van der Waals surface area contributed by atoms with Gasteiger partial charge in [0, 0.05) is 13.8 Å². The van der Waals surface area contributed by atoms with Gasteiger partial charge in [-0.1, -0.05) is 0 Å². The maximum absolute atomic E-state index is 7.15. The zero-order valence-electron chi connectivity index (χ0n) is 5.27. The van der Waals surface area contributed by atoms with E-state index in [1.165, 1.54) is 4.86 Å². The molecule has 0 aromatic rings. The number of hydroxylamine groups is 1. The van der Waals surface area contributed by atoms with Gasteiger partial charge in [0.15, 0.2) is 6.61 Å². The molecular weight excluding hydrogens is 104 g/mol. The van der Waals surface area contributed by atoms with E-state index in [-0.39, 0.29) is 5.54 Å². The van der Waals surface area contributed by atoms with Crippen molar-refractivity contribution in [1.29, 1.82) is 5.53 Å². The smallest absolute Gasteiger partial charge is 0.238 e. The minimum absolute atomic E-state index is 0.0694. The molecule has 1 rings (SSSR count). The van der Waals surface area contributed by atoms with Crippen molar-refractivity contribution in [3.05, 3.63) is 0 Å². The number of hydrogen-bond acceptors (Lipinski definition) is 2. The molecule has 3 nitrogen and oxygen atoms in total. The second-order valence-electron chi connectivity index (χ2n) is 2.69. The first-order valence-corrected chi connectivity index (χ1v) is 2.77. The van der Waals surface area contributed by atoms with Gasteiger partial charge in [0.2, 0.25) is 5.54 Å². The third-order valence-electron chi connectivity index (χ3n) is 1.48. The first kappa shape index (κ1) is 5.54. The number of nitrogens with one attached hydrogen (secondary N) is 1.